The topological polar surface area (TPSA) is 96.5 Å². The predicted molar refractivity (Wildman–Crippen MR) is 130 cm³/mol. The van der Waals surface area contributed by atoms with Crippen molar-refractivity contribution < 1.29 is 14.0 Å². The van der Waals surface area contributed by atoms with Gasteiger partial charge in [-0.3, -0.25) is 14.3 Å². The van der Waals surface area contributed by atoms with E-state index in [9.17, 15) is 14.0 Å². The molecule has 1 aromatic carbocycles. The Kier molecular flexibility index (Phi) is 7.77. The first-order chi connectivity index (χ1) is 15.9. The lowest BCUT2D eigenvalue weighted by atomic mass is 9.86. The summed E-state index contributed by atoms with van der Waals surface area (Å²) in [6.45, 7) is 6.88. The van der Waals surface area contributed by atoms with E-state index in [-0.39, 0.29) is 29.1 Å². The normalized spacial score (nSPS) is 18.3. The van der Waals surface area contributed by atoms with Crippen molar-refractivity contribution in [2.75, 3.05) is 27.2 Å². The lowest BCUT2D eigenvalue weighted by Gasteiger charge is -2.33. The van der Waals surface area contributed by atoms with E-state index in [0.29, 0.717) is 30.8 Å². The molecule has 0 saturated carbocycles. The summed E-state index contributed by atoms with van der Waals surface area (Å²) < 4.78 is 15.6. The van der Waals surface area contributed by atoms with Crippen molar-refractivity contribution in [1.82, 2.24) is 24.9 Å². The van der Waals surface area contributed by atoms with Crippen LogP contribution >= 0.6 is 0 Å². The zero-order valence-electron chi connectivity index (χ0n) is 21.0. The number of likely N-dealkylation sites (N-methyl/N-ethyl adjacent to an activating group) is 1. The van der Waals surface area contributed by atoms with Crippen molar-refractivity contribution in [1.29, 1.82) is 0 Å². The van der Waals surface area contributed by atoms with E-state index >= 15 is 0 Å². The zero-order valence-corrected chi connectivity index (χ0v) is 21.0. The maximum Gasteiger partial charge on any atom is 0.243 e. The summed E-state index contributed by atoms with van der Waals surface area (Å²) in [4.78, 5) is 30.0. The minimum Gasteiger partial charge on any atom is -0.346 e. The molecule has 3 rings (SSSR count). The molecule has 0 aliphatic carbocycles. The van der Waals surface area contributed by atoms with Gasteiger partial charge in [0, 0.05) is 25.7 Å². The van der Waals surface area contributed by atoms with E-state index in [0.717, 1.165) is 12.0 Å². The largest absolute Gasteiger partial charge is 0.346 e. The number of aryl methyl sites for hydroxylation is 1. The molecule has 2 heterocycles. The molecule has 1 saturated heterocycles. The van der Waals surface area contributed by atoms with Gasteiger partial charge in [0.2, 0.25) is 11.8 Å². The Hall–Kier alpha value is -2.78. The Balaban J connectivity index is 1.78. The smallest absolute Gasteiger partial charge is 0.243 e. The van der Waals surface area contributed by atoms with Crippen LogP contribution in [0.5, 0.6) is 0 Å². The highest BCUT2D eigenvalue weighted by atomic mass is 19.1. The van der Waals surface area contributed by atoms with E-state index < -0.39 is 12.1 Å². The van der Waals surface area contributed by atoms with Crippen molar-refractivity contribution in [3.8, 4) is 11.3 Å². The van der Waals surface area contributed by atoms with Crippen molar-refractivity contribution in [3.05, 3.63) is 41.8 Å². The summed E-state index contributed by atoms with van der Waals surface area (Å²) in [6, 6.07) is 5.95. The van der Waals surface area contributed by atoms with Gasteiger partial charge in [-0.1, -0.05) is 45.0 Å². The average Bonchev–Trinajstić information content (AvgIpc) is 3.38. The standard InChI is InChI=1S/C25H37FN6O2/c1-25(2,3)22(27)24(34)32-13-7-8-20(32)23(33)29-19(15-30(4)5)16-9-11-17(12-10-16)21-18(26)14-28-31(21)6/h9-12,14,19-20,22H,7-8,13,15,27H2,1-6H3,(H,29,33). The number of nitrogens with two attached hydrogens (primary N) is 1. The van der Waals surface area contributed by atoms with Gasteiger partial charge in [0.15, 0.2) is 5.82 Å². The number of benzene rings is 1. The highest BCUT2D eigenvalue weighted by Gasteiger charge is 2.40. The molecule has 2 amide bonds. The van der Waals surface area contributed by atoms with Crippen LogP contribution in [0, 0.1) is 11.2 Å². The lowest BCUT2D eigenvalue weighted by Crippen LogP contribution is -2.55. The number of nitrogens with zero attached hydrogens (tertiary/aromatic N) is 4. The second-order valence-electron chi connectivity index (χ2n) is 10.4. The van der Waals surface area contributed by atoms with Crippen molar-refractivity contribution in [2.45, 2.75) is 51.7 Å². The molecule has 9 heteroatoms. The number of hydrogen-bond donors (Lipinski definition) is 2. The minimum absolute atomic E-state index is 0.180. The van der Waals surface area contributed by atoms with Crippen molar-refractivity contribution in [3.63, 3.8) is 0 Å². The fraction of sp³-hybridized carbons (Fsp3) is 0.560. The third-order valence-electron chi connectivity index (χ3n) is 6.38. The Bertz CT molecular complexity index is 992. The molecule has 3 atom stereocenters. The molecule has 2 aromatic rings. The van der Waals surface area contributed by atoms with Crippen LogP contribution < -0.4 is 11.1 Å². The molecule has 34 heavy (non-hydrogen) atoms. The highest BCUT2D eigenvalue weighted by molar-refractivity contribution is 5.90. The quantitative estimate of drug-likeness (QED) is 0.645. The number of carbonyl (C=O) groups excluding carboxylic acids is 2. The number of aromatic nitrogens is 2. The van der Waals surface area contributed by atoms with E-state index in [1.165, 1.54) is 10.9 Å². The van der Waals surface area contributed by atoms with Gasteiger partial charge < -0.3 is 20.9 Å². The monoisotopic (exact) mass is 472 g/mol. The molecule has 0 radical (unpaired) electrons. The molecule has 1 aliphatic rings. The number of nitrogens with one attached hydrogen (secondary N) is 1. The Labute approximate surface area is 201 Å². The number of amides is 2. The van der Waals surface area contributed by atoms with Crippen LogP contribution in [0.25, 0.3) is 11.3 Å². The van der Waals surface area contributed by atoms with Crippen LogP contribution in [0.4, 0.5) is 4.39 Å². The molecule has 0 bridgehead atoms. The zero-order chi connectivity index (χ0) is 25.2. The minimum atomic E-state index is -0.668. The maximum absolute atomic E-state index is 14.1. The molecule has 3 N–H and O–H groups in total. The third kappa shape index (κ3) is 5.64. The predicted octanol–water partition coefficient (Wildman–Crippen LogP) is 2.31. The van der Waals surface area contributed by atoms with Crippen LogP contribution in [0.15, 0.2) is 30.5 Å². The van der Waals surface area contributed by atoms with Crippen LogP contribution in [0.3, 0.4) is 0 Å². The van der Waals surface area contributed by atoms with Crippen molar-refractivity contribution in [2.24, 2.45) is 18.2 Å². The third-order valence-corrected chi connectivity index (χ3v) is 6.38. The Morgan fingerprint density at radius 3 is 2.44 bits per heavy atom. The lowest BCUT2D eigenvalue weighted by molar-refractivity contribution is -0.141. The summed E-state index contributed by atoms with van der Waals surface area (Å²) in [7, 11) is 5.57. The number of carbonyl (C=O) groups is 2. The van der Waals surface area contributed by atoms with Crippen LogP contribution in [0.1, 0.15) is 45.2 Å². The first kappa shape index (κ1) is 25.8. The van der Waals surface area contributed by atoms with Crippen molar-refractivity contribution >= 4 is 11.8 Å². The van der Waals surface area contributed by atoms with Crippen LogP contribution in [0.2, 0.25) is 0 Å². The summed E-state index contributed by atoms with van der Waals surface area (Å²) in [5.41, 5.74) is 7.84. The molecule has 0 spiro atoms. The number of likely N-dealkylation sites (tertiary alicyclic amines) is 1. The van der Waals surface area contributed by atoms with Crippen LogP contribution in [-0.4, -0.2) is 70.7 Å². The molecule has 1 aromatic heterocycles. The van der Waals surface area contributed by atoms with Gasteiger partial charge in [-0.2, -0.15) is 5.10 Å². The highest BCUT2D eigenvalue weighted by Crippen LogP contribution is 2.27. The van der Waals surface area contributed by atoms with E-state index in [1.54, 1.807) is 11.9 Å². The molecule has 1 fully saturated rings. The number of hydrogen-bond acceptors (Lipinski definition) is 5. The van der Waals surface area contributed by atoms with E-state index in [1.807, 2.05) is 64.0 Å². The average molecular weight is 473 g/mol. The summed E-state index contributed by atoms with van der Waals surface area (Å²) in [6.07, 6.45) is 2.57. The maximum atomic E-state index is 14.1. The second kappa shape index (κ2) is 10.2. The van der Waals surface area contributed by atoms with Gasteiger partial charge in [0.1, 0.15) is 11.7 Å². The van der Waals surface area contributed by atoms with Gasteiger partial charge >= 0.3 is 0 Å². The van der Waals surface area contributed by atoms with Gasteiger partial charge in [-0.05, 0) is 37.9 Å². The summed E-state index contributed by atoms with van der Waals surface area (Å²) in [5, 5.41) is 7.10. The molecule has 186 valence electrons. The molecular weight excluding hydrogens is 435 g/mol. The van der Waals surface area contributed by atoms with Gasteiger partial charge in [-0.15, -0.1) is 0 Å². The number of halogens is 1. The molecule has 1 aliphatic heterocycles. The second-order valence-corrected chi connectivity index (χ2v) is 10.4. The number of rotatable bonds is 7. The van der Waals surface area contributed by atoms with Crippen LogP contribution in [-0.2, 0) is 16.6 Å². The van der Waals surface area contributed by atoms with Gasteiger partial charge in [-0.25, -0.2) is 4.39 Å². The summed E-state index contributed by atoms with van der Waals surface area (Å²) in [5.74, 6) is -0.745. The fourth-order valence-corrected chi connectivity index (χ4v) is 4.33. The van der Waals surface area contributed by atoms with E-state index in [4.69, 9.17) is 5.73 Å². The Morgan fingerprint density at radius 1 is 1.26 bits per heavy atom. The first-order valence-corrected chi connectivity index (χ1v) is 11.7. The molecular formula is C25H37FN6O2. The van der Waals surface area contributed by atoms with Gasteiger partial charge in [0.05, 0.1) is 18.3 Å². The summed E-state index contributed by atoms with van der Waals surface area (Å²) >= 11 is 0. The van der Waals surface area contributed by atoms with Gasteiger partial charge in [0.25, 0.3) is 0 Å². The molecule has 8 nitrogen and oxygen atoms in total. The SMILES string of the molecule is CN(C)CC(NC(=O)C1CCCN1C(=O)C(N)C(C)(C)C)c1ccc(-c2c(F)cnn2C)cc1. The molecule has 3 unspecified atom stereocenters. The first-order valence-electron chi connectivity index (χ1n) is 11.7. The fourth-order valence-electron chi connectivity index (χ4n) is 4.33. The van der Waals surface area contributed by atoms with E-state index in [2.05, 4.69) is 10.4 Å². The Morgan fingerprint density at radius 2 is 1.91 bits per heavy atom.